The van der Waals surface area contributed by atoms with Gasteiger partial charge in [-0.2, -0.15) is 4.98 Å². The number of nitrogens with zero attached hydrogens (tertiary/aromatic N) is 2. The van der Waals surface area contributed by atoms with E-state index in [0.717, 1.165) is 16.5 Å². The molecule has 0 fully saturated rings. The fourth-order valence-corrected chi connectivity index (χ4v) is 3.53. The Kier molecular flexibility index (Phi) is 2.48. The molecule has 5 aromatic rings. The SMILES string of the molecule is Nc1ccn(-c2ccc3ccc4cccc5ccc2c3c45)c(=O)n1. The molecule has 1 aromatic heterocycles. The number of benzene rings is 4. The summed E-state index contributed by atoms with van der Waals surface area (Å²) in [7, 11) is 0. The lowest BCUT2D eigenvalue weighted by Crippen LogP contribution is -2.21. The molecule has 0 saturated carbocycles. The maximum Gasteiger partial charge on any atom is 0.354 e. The summed E-state index contributed by atoms with van der Waals surface area (Å²) in [4.78, 5) is 16.1. The lowest BCUT2D eigenvalue weighted by atomic mass is 9.93. The number of hydrogen-bond donors (Lipinski definition) is 1. The fraction of sp³-hybridized carbons (Fsp3) is 0. The monoisotopic (exact) mass is 311 g/mol. The molecule has 0 amide bonds. The van der Waals surface area contributed by atoms with Crippen molar-refractivity contribution in [3.05, 3.63) is 77.3 Å². The highest BCUT2D eigenvalue weighted by Gasteiger charge is 2.12. The summed E-state index contributed by atoms with van der Waals surface area (Å²) in [5, 5.41) is 6.99. The average molecular weight is 311 g/mol. The van der Waals surface area contributed by atoms with E-state index in [0.29, 0.717) is 0 Å². The van der Waals surface area contributed by atoms with E-state index < -0.39 is 0 Å². The first-order valence-corrected chi connectivity index (χ1v) is 7.74. The van der Waals surface area contributed by atoms with E-state index in [-0.39, 0.29) is 11.5 Å². The predicted octanol–water partition coefficient (Wildman–Crippen LogP) is 3.71. The van der Waals surface area contributed by atoms with E-state index in [4.69, 9.17) is 5.73 Å². The van der Waals surface area contributed by atoms with E-state index in [1.54, 1.807) is 16.8 Å². The zero-order valence-corrected chi connectivity index (χ0v) is 12.7. The molecule has 0 aliphatic rings. The quantitative estimate of drug-likeness (QED) is 0.480. The number of aromatic nitrogens is 2. The summed E-state index contributed by atoms with van der Waals surface area (Å²) in [5.41, 5.74) is 6.06. The highest BCUT2D eigenvalue weighted by molar-refractivity contribution is 6.24. The van der Waals surface area contributed by atoms with Gasteiger partial charge in [0.1, 0.15) is 5.82 Å². The zero-order chi connectivity index (χ0) is 16.3. The van der Waals surface area contributed by atoms with Crippen molar-refractivity contribution in [1.82, 2.24) is 9.55 Å². The molecule has 24 heavy (non-hydrogen) atoms. The molecule has 4 nitrogen and oxygen atoms in total. The van der Waals surface area contributed by atoms with E-state index in [2.05, 4.69) is 47.4 Å². The van der Waals surface area contributed by atoms with Gasteiger partial charge in [-0.1, -0.05) is 48.5 Å². The number of anilines is 1. The lowest BCUT2D eigenvalue weighted by molar-refractivity contribution is 0.927. The fourth-order valence-electron chi connectivity index (χ4n) is 3.53. The van der Waals surface area contributed by atoms with Crippen molar-refractivity contribution in [3.63, 3.8) is 0 Å². The largest absolute Gasteiger partial charge is 0.383 e. The number of rotatable bonds is 1. The highest BCUT2D eigenvalue weighted by atomic mass is 16.1. The molecule has 1 heterocycles. The van der Waals surface area contributed by atoms with Crippen LogP contribution in [0.5, 0.6) is 0 Å². The van der Waals surface area contributed by atoms with Crippen LogP contribution in [0.4, 0.5) is 5.82 Å². The van der Waals surface area contributed by atoms with Crippen LogP contribution in [0.3, 0.4) is 0 Å². The Morgan fingerprint density at radius 3 is 2.21 bits per heavy atom. The molecule has 0 unspecified atom stereocenters. The molecular weight excluding hydrogens is 298 g/mol. The van der Waals surface area contributed by atoms with Crippen molar-refractivity contribution in [2.24, 2.45) is 0 Å². The molecule has 0 spiro atoms. The van der Waals surface area contributed by atoms with Crippen LogP contribution < -0.4 is 11.4 Å². The maximum atomic E-state index is 12.3. The Morgan fingerprint density at radius 1 is 0.792 bits per heavy atom. The summed E-state index contributed by atoms with van der Waals surface area (Å²) in [6, 6.07) is 20.4. The van der Waals surface area contributed by atoms with Crippen molar-refractivity contribution >= 4 is 38.1 Å². The zero-order valence-electron chi connectivity index (χ0n) is 12.7. The first-order chi connectivity index (χ1) is 11.7. The van der Waals surface area contributed by atoms with Gasteiger partial charge < -0.3 is 5.73 Å². The van der Waals surface area contributed by atoms with Gasteiger partial charge in [0.05, 0.1) is 5.69 Å². The number of hydrogen-bond acceptors (Lipinski definition) is 3. The Labute approximate surface area is 137 Å². The van der Waals surface area contributed by atoms with Crippen LogP contribution in [-0.2, 0) is 0 Å². The second-order valence-electron chi connectivity index (χ2n) is 5.95. The lowest BCUT2D eigenvalue weighted by Gasteiger charge is -2.14. The number of nitrogens with two attached hydrogens (primary N) is 1. The van der Waals surface area contributed by atoms with Gasteiger partial charge in [0.2, 0.25) is 0 Å². The van der Waals surface area contributed by atoms with Crippen molar-refractivity contribution in [1.29, 1.82) is 0 Å². The second-order valence-corrected chi connectivity index (χ2v) is 5.95. The van der Waals surface area contributed by atoms with Crippen LogP contribution in [0.15, 0.2) is 71.7 Å². The van der Waals surface area contributed by atoms with Gasteiger partial charge >= 0.3 is 5.69 Å². The minimum Gasteiger partial charge on any atom is -0.383 e. The molecule has 5 rings (SSSR count). The van der Waals surface area contributed by atoms with E-state index in [1.807, 2.05) is 12.1 Å². The molecule has 4 aromatic carbocycles. The van der Waals surface area contributed by atoms with Crippen molar-refractivity contribution in [2.45, 2.75) is 0 Å². The molecule has 0 aliphatic carbocycles. The third-order valence-corrected chi connectivity index (χ3v) is 4.59. The molecule has 0 aliphatic heterocycles. The first kappa shape index (κ1) is 13.1. The molecule has 0 saturated heterocycles. The first-order valence-electron chi connectivity index (χ1n) is 7.74. The predicted molar refractivity (Wildman–Crippen MR) is 98.0 cm³/mol. The topological polar surface area (TPSA) is 60.9 Å². The maximum absolute atomic E-state index is 12.3. The molecule has 2 N–H and O–H groups in total. The van der Waals surface area contributed by atoms with E-state index in [9.17, 15) is 4.79 Å². The molecule has 0 radical (unpaired) electrons. The summed E-state index contributed by atoms with van der Waals surface area (Å²) >= 11 is 0. The molecule has 4 heteroatoms. The molecule has 0 bridgehead atoms. The smallest absolute Gasteiger partial charge is 0.354 e. The van der Waals surface area contributed by atoms with Crippen molar-refractivity contribution < 1.29 is 0 Å². The summed E-state index contributed by atoms with van der Waals surface area (Å²) in [6.45, 7) is 0. The Bertz CT molecular complexity index is 1270. The van der Waals surface area contributed by atoms with Gasteiger partial charge in [0.15, 0.2) is 0 Å². The molecular formula is C20H13N3O. The van der Waals surface area contributed by atoms with Gasteiger partial charge in [0, 0.05) is 11.6 Å². The van der Waals surface area contributed by atoms with Crippen LogP contribution in [0.1, 0.15) is 0 Å². The second kappa shape index (κ2) is 4.55. The number of nitrogen functional groups attached to an aromatic ring is 1. The molecule has 0 atom stereocenters. The van der Waals surface area contributed by atoms with Gasteiger partial charge in [-0.3, -0.25) is 4.57 Å². The minimum absolute atomic E-state index is 0.231. The Balaban J connectivity index is 1.99. The molecule has 114 valence electrons. The van der Waals surface area contributed by atoms with Crippen LogP contribution in [0.2, 0.25) is 0 Å². The average Bonchev–Trinajstić information content (AvgIpc) is 2.60. The normalized spacial score (nSPS) is 11.7. The van der Waals surface area contributed by atoms with Crippen molar-refractivity contribution in [2.75, 3.05) is 5.73 Å². The highest BCUT2D eigenvalue weighted by Crippen LogP contribution is 2.36. The summed E-state index contributed by atoms with van der Waals surface area (Å²) in [5.74, 6) is 0.231. The summed E-state index contributed by atoms with van der Waals surface area (Å²) in [6.07, 6.45) is 1.68. The van der Waals surface area contributed by atoms with Gasteiger partial charge in [-0.15, -0.1) is 0 Å². The van der Waals surface area contributed by atoms with Crippen LogP contribution in [0.25, 0.3) is 38.0 Å². The van der Waals surface area contributed by atoms with Gasteiger partial charge in [-0.05, 0) is 39.1 Å². The van der Waals surface area contributed by atoms with Crippen LogP contribution in [-0.4, -0.2) is 9.55 Å². The van der Waals surface area contributed by atoms with Crippen LogP contribution in [0, 0.1) is 0 Å². The van der Waals surface area contributed by atoms with E-state index >= 15 is 0 Å². The van der Waals surface area contributed by atoms with Gasteiger partial charge in [0.25, 0.3) is 0 Å². The minimum atomic E-state index is -0.370. The standard InChI is InChI=1S/C20H13N3O/c21-17-10-11-23(20(24)22-17)16-9-7-14-5-4-12-2-1-3-13-6-8-15(16)19(14)18(12)13/h1-11H,(H2,21,22,24). The van der Waals surface area contributed by atoms with Gasteiger partial charge in [-0.25, -0.2) is 4.79 Å². The third-order valence-electron chi connectivity index (χ3n) is 4.59. The van der Waals surface area contributed by atoms with Crippen molar-refractivity contribution in [3.8, 4) is 5.69 Å². The Hall–Kier alpha value is -3.40. The Morgan fingerprint density at radius 2 is 1.46 bits per heavy atom. The third kappa shape index (κ3) is 1.68. The summed E-state index contributed by atoms with van der Waals surface area (Å²) < 4.78 is 1.54. The van der Waals surface area contributed by atoms with Crippen LogP contribution >= 0.6 is 0 Å². The van der Waals surface area contributed by atoms with E-state index in [1.165, 1.54) is 21.5 Å².